The van der Waals surface area contributed by atoms with Gasteiger partial charge in [-0.15, -0.1) is 0 Å². The summed E-state index contributed by atoms with van der Waals surface area (Å²) in [6.45, 7) is 12.3. The Hall–Kier alpha value is -2.80. The Labute approximate surface area is 181 Å². The lowest BCUT2D eigenvalue weighted by atomic mass is 9.79. The van der Waals surface area contributed by atoms with Crippen LogP contribution in [0.25, 0.3) is 21.5 Å². The number of benzene rings is 4. The molecule has 0 heterocycles. The standard InChI is InChI=1S/C29H33N/c1-6-29(4,5)27-15-16-28(26-14-10-9-13-25(26)27)30-19-23-18-22(20(2)3)17-21-11-7-8-12-24(21)23/h7-18,20,30H,6,19H2,1-5H3. The van der Waals surface area contributed by atoms with E-state index in [2.05, 4.69) is 113 Å². The summed E-state index contributed by atoms with van der Waals surface area (Å²) in [6.07, 6.45) is 1.12. The molecule has 0 fully saturated rings. The first-order valence-electron chi connectivity index (χ1n) is 11.2. The second-order valence-electron chi connectivity index (χ2n) is 9.35. The van der Waals surface area contributed by atoms with Gasteiger partial charge in [-0.1, -0.05) is 101 Å². The Morgan fingerprint density at radius 3 is 2.17 bits per heavy atom. The average molecular weight is 396 g/mol. The Bertz CT molecular complexity index is 1180. The van der Waals surface area contributed by atoms with Crippen LogP contribution in [0.4, 0.5) is 5.69 Å². The summed E-state index contributed by atoms with van der Waals surface area (Å²) < 4.78 is 0. The van der Waals surface area contributed by atoms with E-state index in [0.29, 0.717) is 5.92 Å². The smallest absolute Gasteiger partial charge is 0.0422 e. The second kappa shape index (κ2) is 8.14. The Kier molecular flexibility index (Phi) is 5.56. The van der Waals surface area contributed by atoms with Gasteiger partial charge in [-0.05, 0) is 56.7 Å². The van der Waals surface area contributed by atoms with E-state index in [9.17, 15) is 0 Å². The van der Waals surface area contributed by atoms with Gasteiger partial charge in [-0.3, -0.25) is 0 Å². The van der Waals surface area contributed by atoms with E-state index in [-0.39, 0.29) is 5.41 Å². The van der Waals surface area contributed by atoms with E-state index in [4.69, 9.17) is 0 Å². The fourth-order valence-electron chi connectivity index (χ4n) is 4.32. The zero-order valence-corrected chi connectivity index (χ0v) is 18.9. The molecule has 0 saturated heterocycles. The van der Waals surface area contributed by atoms with Crippen LogP contribution in [0.15, 0.2) is 72.8 Å². The SMILES string of the molecule is CCC(C)(C)c1ccc(NCc2cc(C(C)C)cc3ccccc23)c2ccccc12. The lowest BCUT2D eigenvalue weighted by Gasteiger charge is -2.26. The van der Waals surface area contributed by atoms with Crippen LogP contribution in [0, 0.1) is 0 Å². The van der Waals surface area contributed by atoms with Crippen LogP contribution in [-0.4, -0.2) is 0 Å². The summed E-state index contributed by atoms with van der Waals surface area (Å²) >= 11 is 0. The Morgan fingerprint density at radius 2 is 1.47 bits per heavy atom. The maximum Gasteiger partial charge on any atom is 0.0422 e. The molecular formula is C29H33N. The van der Waals surface area contributed by atoms with Gasteiger partial charge in [0.25, 0.3) is 0 Å². The minimum Gasteiger partial charge on any atom is -0.380 e. The number of hydrogen-bond donors (Lipinski definition) is 1. The van der Waals surface area contributed by atoms with Crippen molar-refractivity contribution >= 4 is 27.2 Å². The monoisotopic (exact) mass is 395 g/mol. The molecule has 0 atom stereocenters. The summed E-state index contributed by atoms with van der Waals surface area (Å²) in [5.41, 5.74) is 5.56. The average Bonchev–Trinajstić information content (AvgIpc) is 2.76. The Balaban J connectivity index is 1.74. The fraction of sp³-hybridized carbons (Fsp3) is 0.310. The molecular weight excluding hydrogens is 362 g/mol. The van der Waals surface area contributed by atoms with Crippen molar-refractivity contribution in [2.45, 2.75) is 58.9 Å². The molecule has 0 aliphatic heterocycles. The third kappa shape index (κ3) is 3.81. The van der Waals surface area contributed by atoms with Crippen LogP contribution < -0.4 is 5.32 Å². The molecule has 4 rings (SSSR count). The van der Waals surface area contributed by atoms with Crippen molar-refractivity contribution in [1.82, 2.24) is 0 Å². The van der Waals surface area contributed by atoms with Gasteiger partial charge in [0.1, 0.15) is 0 Å². The zero-order chi connectivity index (χ0) is 21.3. The predicted octanol–water partition coefficient (Wildman–Crippen LogP) is 8.42. The third-order valence-electron chi connectivity index (χ3n) is 6.64. The molecule has 154 valence electrons. The number of hydrogen-bond acceptors (Lipinski definition) is 1. The van der Waals surface area contributed by atoms with Gasteiger partial charge < -0.3 is 5.32 Å². The molecule has 0 aliphatic rings. The molecule has 30 heavy (non-hydrogen) atoms. The van der Waals surface area contributed by atoms with E-state index in [0.717, 1.165) is 13.0 Å². The molecule has 0 bridgehead atoms. The van der Waals surface area contributed by atoms with Gasteiger partial charge in [0.15, 0.2) is 0 Å². The van der Waals surface area contributed by atoms with Gasteiger partial charge in [0, 0.05) is 17.6 Å². The van der Waals surface area contributed by atoms with Crippen LogP contribution in [0.5, 0.6) is 0 Å². The summed E-state index contributed by atoms with van der Waals surface area (Å²) in [5.74, 6) is 0.518. The van der Waals surface area contributed by atoms with Crippen LogP contribution in [0.3, 0.4) is 0 Å². The first-order valence-corrected chi connectivity index (χ1v) is 11.2. The minimum atomic E-state index is 0.167. The first kappa shape index (κ1) is 20.5. The van der Waals surface area contributed by atoms with E-state index in [1.807, 2.05) is 0 Å². The lowest BCUT2D eigenvalue weighted by Crippen LogP contribution is -2.16. The van der Waals surface area contributed by atoms with E-state index < -0.39 is 0 Å². The molecule has 4 aromatic rings. The largest absolute Gasteiger partial charge is 0.380 e. The van der Waals surface area contributed by atoms with E-state index >= 15 is 0 Å². The zero-order valence-electron chi connectivity index (χ0n) is 18.9. The quantitative estimate of drug-likeness (QED) is 0.345. The van der Waals surface area contributed by atoms with Gasteiger partial charge in [0.2, 0.25) is 0 Å². The second-order valence-corrected chi connectivity index (χ2v) is 9.35. The lowest BCUT2D eigenvalue weighted by molar-refractivity contribution is 0.511. The van der Waals surface area contributed by atoms with Crippen molar-refractivity contribution in [3.8, 4) is 0 Å². The summed E-state index contributed by atoms with van der Waals surface area (Å²) in [4.78, 5) is 0. The van der Waals surface area contributed by atoms with Crippen LogP contribution in [0.2, 0.25) is 0 Å². The predicted molar refractivity (Wildman–Crippen MR) is 133 cm³/mol. The highest BCUT2D eigenvalue weighted by atomic mass is 14.9. The van der Waals surface area contributed by atoms with E-state index in [1.165, 1.54) is 43.9 Å². The number of rotatable bonds is 6. The van der Waals surface area contributed by atoms with Gasteiger partial charge in [-0.25, -0.2) is 0 Å². The van der Waals surface area contributed by atoms with Crippen molar-refractivity contribution in [2.24, 2.45) is 0 Å². The summed E-state index contributed by atoms with van der Waals surface area (Å²) in [5, 5.41) is 9.08. The highest BCUT2D eigenvalue weighted by Gasteiger charge is 2.21. The van der Waals surface area contributed by atoms with Gasteiger partial charge in [0.05, 0.1) is 0 Å². The molecule has 0 unspecified atom stereocenters. The van der Waals surface area contributed by atoms with Crippen LogP contribution in [0.1, 0.15) is 63.6 Å². The molecule has 0 saturated carbocycles. The highest BCUT2D eigenvalue weighted by molar-refractivity contribution is 5.97. The maximum absolute atomic E-state index is 3.76. The third-order valence-corrected chi connectivity index (χ3v) is 6.64. The molecule has 0 spiro atoms. The van der Waals surface area contributed by atoms with Crippen molar-refractivity contribution in [3.63, 3.8) is 0 Å². The summed E-state index contributed by atoms with van der Waals surface area (Å²) in [6, 6.07) is 26.8. The molecule has 0 radical (unpaired) electrons. The van der Waals surface area contributed by atoms with Crippen molar-refractivity contribution < 1.29 is 0 Å². The number of anilines is 1. The fourth-order valence-corrected chi connectivity index (χ4v) is 4.32. The molecule has 1 heteroatoms. The van der Waals surface area contributed by atoms with Crippen LogP contribution >= 0.6 is 0 Å². The van der Waals surface area contributed by atoms with Gasteiger partial charge >= 0.3 is 0 Å². The van der Waals surface area contributed by atoms with Crippen molar-refractivity contribution in [3.05, 3.63) is 89.5 Å². The van der Waals surface area contributed by atoms with E-state index in [1.54, 1.807) is 0 Å². The minimum absolute atomic E-state index is 0.167. The maximum atomic E-state index is 3.76. The normalized spacial score (nSPS) is 12.1. The molecule has 1 N–H and O–H groups in total. The first-order chi connectivity index (χ1) is 14.4. The molecule has 0 amide bonds. The summed E-state index contributed by atoms with van der Waals surface area (Å²) in [7, 11) is 0. The van der Waals surface area contributed by atoms with Gasteiger partial charge in [-0.2, -0.15) is 0 Å². The van der Waals surface area contributed by atoms with Crippen LogP contribution in [-0.2, 0) is 12.0 Å². The number of fused-ring (bicyclic) bond motifs is 2. The highest BCUT2D eigenvalue weighted by Crippen LogP contribution is 2.36. The van der Waals surface area contributed by atoms with Crippen molar-refractivity contribution in [1.29, 1.82) is 0 Å². The Morgan fingerprint density at radius 1 is 0.800 bits per heavy atom. The van der Waals surface area contributed by atoms with Crippen molar-refractivity contribution in [2.75, 3.05) is 5.32 Å². The topological polar surface area (TPSA) is 12.0 Å². The number of nitrogens with one attached hydrogen (secondary N) is 1. The molecule has 0 aliphatic carbocycles. The molecule has 0 aromatic heterocycles. The molecule has 4 aromatic carbocycles. The molecule has 1 nitrogen and oxygen atoms in total.